The first-order valence-electron chi connectivity index (χ1n) is 6.43. The maximum absolute atomic E-state index is 11.7. The van der Waals surface area contributed by atoms with E-state index in [1.807, 2.05) is 6.92 Å². The van der Waals surface area contributed by atoms with E-state index >= 15 is 0 Å². The molecule has 0 radical (unpaired) electrons. The number of allylic oxidation sites excluding steroid dienone is 2. The Labute approximate surface area is 104 Å². The minimum absolute atomic E-state index is 0.00633. The highest BCUT2D eigenvalue weighted by atomic mass is 16.3. The lowest BCUT2D eigenvalue weighted by Crippen LogP contribution is -2.35. The fourth-order valence-corrected chi connectivity index (χ4v) is 2.36. The van der Waals surface area contributed by atoms with Crippen molar-refractivity contribution >= 4 is 5.78 Å². The SMILES string of the molecule is C=C(CCC=C(C)C)[C@H]1CC(=O)[C@@H](C)C[C@@H]1O. The molecule has 2 heteroatoms. The second kappa shape index (κ2) is 6.15. The zero-order valence-corrected chi connectivity index (χ0v) is 11.2. The van der Waals surface area contributed by atoms with Crippen molar-refractivity contribution in [3.63, 3.8) is 0 Å². The van der Waals surface area contributed by atoms with E-state index in [4.69, 9.17) is 0 Å². The Kier molecular flexibility index (Phi) is 5.13. The lowest BCUT2D eigenvalue weighted by molar-refractivity contribution is -0.128. The van der Waals surface area contributed by atoms with E-state index in [9.17, 15) is 9.90 Å². The van der Waals surface area contributed by atoms with Crippen LogP contribution in [0.1, 0.15) is 46.5 Å². The summed E-state index contributed by atoms with van der Waals surface area (Å²) >= 11 is 0. The largest absolute Gasteiger partial charge is 0.392 e. The smallest absolute Gasteiger partial charge is 0.136 e. The van der Waals surface area contributed by atoms with Crippen LogP contribution in [-0.2, 0) is 4.79 Å². The zero-order valence-electron chi connectivity index (χ0n) is 11.2. The molecule has 0 aliphatic heterocycles. The molecular weight excluding hydrogens is 212 g/mol. The third kappa shape index (κ3) is 4.12. The summed E-state index contributed by atoms with van der Waals surface area (Å²) in [5.41, 5.74) is 2.32. The Morgan fingerprint density at radius 3 is 2.76 bits per heavy atom. The van der Waals surface area contributed by atoms with Crippen molar-refractivity contribution in [3.8, 4) is 0 Å². The second-order valence-electron chi connectivity index (χ2n) is 5.46. The highest BCUT2D eigenvalue weighted by Gasteiger charge is 2.33. The number of hydrogen-bond donors (Lipinski definition) is 1. The van der Waals surface area contributed by atoms with E-state index in [0.717, 1.165) is 18.4 Å². The van der Waals surface area contributed by atoms with Gasteiger partial charge in [0.05, 0.1) is 6.10 Å². The number of Topliss-reactive ketones (excluding diaryl/α,β-unsaturated/α-hetero) is 1. The quantitative estimate of drug-likeness (QED) is 0.761. The monoisotopic (exact) mass is 236 g/mol. The predicted molar refractivity (Wildman–Crippen MR) is 70.7 cm³/mol. The molecule has 2 nitrogen and oxygen atoms in total. The van der Waals surface area contributed by atoms with Crippen molar-refractivity contribution in [3.05, 3.63) is 23.8 Å². The first-order valence-corrected chi connectivity index (χ1v) is 6.43. The fraction of sp³-hybridized carbons (Fsp3) is 0.667. The molecular formula is C15H24O2. The maximum Gasteiger partial charge on any atom is 0.136 e. The molecule has 17 heavy (non-hydrogen) atoms. The molecule has 0 aromatic carbocycles. The van der Waals surface area contributed by atoms with Crippen LogP contribution < -0.4 is 0 Å². The second-order valence-corrected chi connectivity index (χ2v) is 5.46. The molecule has 1 N–H and O–H groups in total. The molecule has 1 fully saturated rings. The van der Waals surface area contributed by atoms with Gasteiger partial charge in [0.25, 0.3) is 0 Å². The Balaban J connectivity index is 2.51. The van der Waals surface area contributed by atoms with Gasteiger partial charge in [0.1, 0.15) is 5.78 Å². The average molecular weight is 236 g/mol. The molecule has 0 bridgehead atoms. The van der Waals surface area contributed by atoms with Crippen molar-refractivity contribution in [1.29, 1.82) is 0 Å². The van der Waals surface area contributed by atoms with Crippen LogP contribution in [0.2, 0.25) is 0 Å². The van der Waals surface area contributed by atoms with Gasteiger partial charge in [-0.25, -0.2) is 0 Å². The molecule has 0 spiro atoms. The van der Waals surface area contributed by atoms with E-state index in [1.165, 1.54) is 5.57 Å². The van der Waals surface area contributed by atoms with Crippen LogP contribution in [0.4, 0.5) is 0 Å². The van der Waals surface area contributed by atoms with Crippen molar-refractivity contribution in [2.75, 3.05) is 0 Å². The van der Waals surface area contributed by atoms with Crippen molar-refractivity contribution in [2.45, 2.75) is 52.6 Å². The van der Waals surface area contributed by atoms with Gasteiger partial charge in [-0.3, -0.25) is 4.79 Å². The Morgan fingerprint density at radius 1 is 1.53 bits per heavy atom. The third-order valence-corrected chi connectivity index (χ3v) is 3.57. The number of carbonyl (C=O) groups excluding carboxylic acids is 1. The zero-order chi connectivity index (χ0) is 13.0. The molecule has 1 saturated carbocycles. The summed E-state index contributed by atoms with van der Waals surface area (Å²) in [5, 5.41) is 10.0. The third-order valence-electron chi connectivity index (χ3n) is 3.57. The van der Waals surface area contributed by atoms with Crippen molar-refractivity contribution in [2.24, 2.45) is 11.8 Å². The minimum Gasteiger partial charge on any atom is -0.392 e. The summed E-state index contributed by atoms with van der Waals surface area (Å²) in [5.74, 6) is 0.250. The molecule has 96 valence electrons. The van der Waals surface area contributed by atoms with Crippen LogP contribution in [0.25, 0.3) is 0 Å². The minimum atomic E-state index is -0.387. The van der Waals surface area contributed by atoms with E-state index in [1.54, 1.807) is 0 Å². The molecule has 1 rings (SSSR count). The Morgan fingerprint density at radius 2 is 2.18 bits per heavy atom. The summed E-state index contributed by atoms with van der Waals surface area (Å²) in [6.45, 7) is 10.1. The first kappa shape index (κ1) is 14.2. The summed E-state index contributed by atoms with van der Waals surface area (Å²) < 4.78 is 0. The van der Waals surface area contributed by atoms with Crippen LogP contribution in [0.15, 0.2) is 23.8 Å². The van der Waals surface area contributed by atoms with Gasteiger partial charge in [-0.05, 0) is 33.1 Å². The Bertz CT molecular complexity index is 324. The van der Waals surface area contributed by atoms with E-state index in [-0.39, 0.29) is 23.7 Å². The molecule has 0 aromatic rings. The van der Waals surface area contributed by atoms with Gasteiger partial charge < -0.3 is 5.11 Å². The van der Waals surface area contributed by atoms with Gasteiger partial charge in [0, 0.05) is 18.3 Å². The molecule has 3 atom stereocenters. The van der Waals surface area contributed by atoms with Crippen molar-refractivity contribution < 1.29 is 9.90 Å². The summed E-state index contributed by atoms with van der Waals surface area (Å²) in [6, 6.07) is 0. The topological polar surface area (TPSA) is 37.3 Å². The van der Waals surface area contributed by atoms with E-state index in [2.05, 4.69) is 26.5 Å². The lowest BCUT2D eigenvalue weighted by atomic mass is 9.75. The molecule has 0 heterocycles. The molecule has 0 saturated heterocycles. The van der Waals surface area contributed by atoms with Gasteiger partial charge in [0.15, 0.2) is 0 Å². The van der Waals surface area contributed by atoms with Crippen molar-refractivity contribution in [1.82, 2.24) is 0 Å². The number of ketones is 1. The molecule has 1 aliphatic rings. The average Bonchev–Trinajstić information content (AvgIpc) is 2.22. The van der Waals surface area contributed by atoms with E-state index < -0.39 is 0 Å². The molecule has 0 aromatic heterocycles. The van der Waals surface area contributed by atoms with Gasteiger partial charge in [0.2, 0.25) is 0 Å². The van der Waals surface area contributed by atoms with Crippen LogP contribution in [0.5, 0.6) is 0 Å². The summed E-state index contributed by atoms with van der Waals surface area (Å²) in [6.07, 6.45) is 4.66. The normalized spacial score (nSPS) is 28.9. The van der Waals surface area contributed by atoms with Crippen LogP contribution >= 0.6 is 0 Å². The lowest BCUT2D eigenvalue weighted by Gasteiger charge is -2.31. The first-order chi connectivity index (χ1) is 7.91. The highest BCUT2D eigenvalue weighted by molar-refractivity contribution is 5.82. The van der Waals surface area contributed by atoms with Crippen LogP contribution in [0.3, 0.4) is 0 Å². The molecule has 0 unspecified atom stereocenters. The van der Waals surface area contributed by atoms with Gasteiger partial charge in [-0.15, -0.1) is 0 Å². The molecule has 0 amide bonds. The fourth-order valence-electron chi connectivity index (χ4n) is 2.36. The standard InChI is InChI=1S/C15H24O2/c1-10(2)6-5-7-11(3)13-9-14(16)12(4)8-15(13)17/h6,12-13,15,17H,3,5,7-9H2,1-2,4H3/t12-,13+,15-/m0/s1. The molecule has 1 aliphatic carbocycles. The number of aliphatic hydroxyl groups is 1. The summed E-state index contributed by atoms with van der Waals surface area (Å²) in [7, 11) is 0. The summed E-state index contributed by atoms with van der Waals surface area (Å²) in [4.78, 5) is 11.7. The van der Waals surface area contributed by atoms with Crippen LogP contribution in [-0.4, -0.2) is 17.0 Å². The van der Waals surface area contributed by atoms with E-state index in [0.29, 0.717) is 12.8 Å². The Hall–Kier alpha value is -0.890. The van der Waals surface area contributed by atoms with Crippen LogP contribution in [0, 0.1) is 11.8 Å². The predicted octanol–water partition coefficient (Wildman–Crippen LogP) is 3.27. The maximum atomic E-state index is 11.7. The van der Waals surface area contributed by atoms with Gasteiger partial charge in [-0.2, -0.15) is 0 Å². The number of hydrogen-bond acceptors (Lipinski definition) is 2. The number of carbonyl (C=O) groups is 1. The van der Waals surface area contributed by atoms with Gasteiger partial charge >= 0.3 is 0 Å². The number of aliphatic hydroxyl groups excluding tert-OH is 1. The number of rotatable bonds is 4. The van der Waals surface area contributed by atoms with Gasteiger partial charge in [-0.1, -0.05) is 30.7 Å². The highest BCUT2D eigenvalue weighted by Crippen LogP contribution is 2.32.